The van der Waals surface area contributed by atoms with Gasteiger partial charge in [0.25, 0.3) is 0 Å². The van der Waals surface area contributed by atoms with Crippen LogP contribution in [-0.4, -0.2) is 34.9 Å². The predicted octanol–water partition coefficient (Wildman–Crippen LogP) is 12.1. The molecule has 0 aromatic heterocycles. The molecule has 3 N–H and O–H groups in total. The number of nitrogens with one attached hydrogen (secondary N) is 1. The van der Waals surface area contributed by atoms with Crippen LogP contribution in [0.25, 0.3) is 0 Å². The van der Waals surface area contributed by atoms with Crippen LogP contribution in [0.3, 0.4) is 0 Å². The molecular weight excluding hydrogens is 554 g/mol. The van der Waals surface area contributed by atoms with E-state index in [1.54, 1.807) is 6.08 Å². The molecule has 0 saturated carbocycles. The molecule has 0 aliphatic carbocycles. The van der Waals surface area contributed by atoms with Gasteiger partial charge < -0.3 is 15.5 Å². The largest absolute Gasteiger partial charge is 0.394 e. The molecule has 0 bridgehead atoms. The molecule has 4 heteroatoms. The van der Waals surface area contributed by atoms with Gasteiger partial charge in [-0.2, -0.15) is 0 Å². The molecule has 4 nitrogen and oxygen atoms in total. The van der Waals surface area contributed by atoms with E-state index in [0.29, 0.717) is 6.42 Å². The van der Waals surface area contributed by atoms with Crippen molar-refractivity contribution in [3.05, 3.63) is 24.3 Å². The van der Waals surface area contributed by atoms with E-state index in [2.05, 4.69) is 31.3 Å². The molecular formula is C41H79NO3. The third-order valence-electron chi connectivity index (χ3n) is 9.16. The van der Waals surface area contributed by atoms with Crippen molar-refractivity contribution in [3.8, 4) is 0 Å². The highest BCUT2D eigenvalue weighted by Gasteiger charge is 2.17. The van der Waals surface area contributed by atoms with Crippen molar-refractivity contribution < 1.29 is 15.0 Å². The lowest BCUT2D eigenvalue weighted by Gasteiger charge is -2.20. The Morgan fingerprint density at radius 3 is 1.31 bits per heavy atom. The number of carbonyl (C=O) groups is 1. The van der Waals surface area contributed by atoms with Crippen LogP contribution in [0.2, 0.25) is 0 Å². The molecule has 0 heterocycles. The van der Waals surface area contributed by atoms with E-state index in [4.69, 9.17) is 0 Å². The third-order valence-corrected chi connectivity index (χ3v) is 9.16. The summed E-state index contributed by atoms with van der Waals surface area (Å²) in [6.07, 6.45) is 47.0. The van der Waals surface area contributed by atoms with E-state index >= 15 is 0 Å². The van der Waals surface area contributed by atoms with Gasteiger partial charge in [0, 0.05) is 6.42 Å². The van der Waals surface area contributed by atoms with Gasteiger partial charge >= 0.3 is 0 Å². The molecule has 0 radical (unpaired) electrons. The first kappa shape index (κ1) is 43.9. The van der Waals surface area contributed by atoms with Crippen molar-refractivity contribution in [1.29, 1.82) is 0 Å². The fourth-order valence-corrected chi connectivity index (χ4v) is 6.06. The Bertz CT molecular complexity index is 647. The normalized spacial score (nSPS) is 13.2. The molecule has 0 unspecified atom stereocenters. The topological polar surface area (TPSA) is 69.6 Å². The SMILES string of the molecule is CCCC=CCCCCCCCCC=C[C@@H](O)[C@H](CO)NC(=O)CCCCCCCCCCCCCCCCCCCCCC. The van der Waals surface area contributed by atoms with E-state index in [-0.39, 0.29) is 12.5 Å². The molecule has 2 atom stereocenters. The quantitative estimate of drug-likeness (QED) is 0.0475. The van der Waals surface area contributed by atoms with Crippen LogP contribution >= 0.6 is 0 Å². The average molecular weight is 634 g/mol. The number of aliphatic hydroxyl groups excluding tert-OH is 2. The highest BCUT2D eigenvalue weighted by molar-refractivity contribution is 5.76. The minimum Gasteiger partial charge on any atom is -0.394 e. The molecule has 0 rings (SSSR count). The molecule has 1 amide bonds. The summed E-state index contributed by atoms with van der Waals surface area (Å²) >= 11 is 0. The van der Waals surface area contributed by atoms with Crippen molar-refractivity contribution in [3.63, 3.8) is 0 Å². The van der Waals surface area contributed by atoms with Crippen LogP contribution in [0.1, 0.15) is 213 Å². The van der Waals surface area contributed by atoms with Crippen molar-refractivity contribution in [2.24, 2.45) is 0 Å². The zero-order chi connectivity index (χ0) is 32.9. The smallest absolute Gasteiger partial charge is 0.220 e. The summed E-state index contributed by atoms with van der Waals surface area (Å²) < 4.78 is 0. The molecule has 266 valence electrons. The lowest BCUT2D eigenvalue weighted by Crippen LogP contribution is -2.45. The summed E-state index contributed by atoms with van der Waals surface area (Å²) in [5.74, 6) is -0.0650. The first-order valence-electron chi connectivity index (χ1n) is 20.1. The standard InChI is InChI=1S/C41H79NO3/c1-3-5-7-9-11-13-15-17-18-19-20-21-22-23-25-27-29-31-33-35-37-41(45)42-39(38-43)40(44)36-34-32-30-28-26-24-16-14-12-10-8-6-4-2/h8,10,34,36,39-40,43-44H,3-7,9,11-33,35,37-38H2,1-2H3,(H,42,45)/t39-,40+/m0/s1. The van der Waals surface area contributed by atoms with Gasteiger partial charge in [0.2, 0.25) is 5.91 Å². The number of carbonyl (C=O) groups excluding carboxylic acids is 1. The second kappa shape index (κ2) is 37.3. The number of allylic oxidation sites excluding steroid dienone is 3. The van der Waals surface area contributed by atoms with Gasteiger partial charge in [-0.1, -0.05) is 192 Å². The summed E-state index contributed by atoms with van der Waals surface area (Å²) in [5, 5.41) is 22.9. The number of unbranched alkanes of at least 4 members (excludes halogenated alkanes) is 27. The number of amides is 1. The summed E-state index contributed by atoms with van der Waals surface area (Å²) in [5.41, 5.74) is 0. The van der Waals surface area contributed by atoms with Gasteiger partial charge in [0.1, 0.15) is 0 Å². The fourth-order valence-electron chi connectivity index (χ4n) is 6.06. The van der Waals surface area contributed by atoms with Gasteiger partial charge in [0.15, 0.2) is 0 Å². The van der Waals surface area contributed by atoms with Crippen molar-refractivity contribution in [2.75, 3.05) is 6.61 Å². The van der Waals surface area contributed by atoms with E-state index in [0.717, 1.165) is 25.7 Å². The number of rotatable bonds is 36. The maximum atomic E-state index is 12.3. The summed E-state index contributed by atoms with van der Waals surface area (Å²) in [6, 6.07) is -0.620. The van der Waals surface area contributed by atoms with Gasteiger partial charge in [-0.15, -0.1) is 0 Å². The second-order valence-electron chi connectivity index (χ2n) is 13.7. The zero-order valence-corrected chi connectivity index (χ0v) is 30.4. The number of hydrogen-bond donors (Lipinski definition) is 3. The Kier molecular flexibility index (Phi) is 36.4. The Morgan fingerprint density at radius 1 is 0.511 bits per heavy atom. The van der Waals surface area contributed by atoms with Gasteiger partial charge in [-0.05, 0) is 38.5 Å². The highest BCUT2D eigenvalue weighted by Crippen LogP contribution is 2.15. The van der Waals surface area contributed by atoms with Crippen molar-refractivity contribution >= 4 is 5.91 Å². The number of hydrogen-bond acceptors (Lipinski definition) is 3. The molecule has 0 aromatic rings. The van der Waals surface area contributed by atoms with Gasteiger partial charge in [-0.25, -0.2) is 0 Å². The van der Waals surface area contributed by atoms with Gasteiger partial charge in [0.05, 0.1) is 18.8 Å². The highest BCUT2D eigenvalue weighted by atomic mass is 16.3. The average Bonchev–Trinajstić information content (AvgIpc) is 3.04. The lowest BCUT2D eigenvalue weighted by molar-refractivity contribution is -0.123. The zero-order valence-electron chi connectivity index (χ0n) is 30.4. The molecule has 0 aliphatic rings. The monoisotopic (exact) mass is 634 g/mol. The maximum absolute atomic E-state index is 12.3. The van der Waals surface area contributed by atoms with Crippen LogP contribution in [0.5, 0.6) is 0 Å². The van der Waals surface area contributed by atoms with Crippen LogP contribution in [0.15, 0.2) is 24.3 Å². The first-order valence-corrected chi connectivity index (χ1v) is 20.1. The van der Waals surface area contributed by atoms with Crippen LogP contribution < -0.4 is 5.32 Å². The lowest BCUT2D eigenvalue weighted by atomic mass is 10.0. The Labute approximate surface area is 281 Å². The fraction of sp³-hybridized carbons (Fsp3) is 0.878. The third kappa shape index (κ3) is 34.0. The Balaban J connectivity index is 3.54. The molecule has 0 fully saturated rings. The van der Waals surface area contributed by atoms with Crippen LogP contribution in [0.4, 0.5) is 0 Å². The predicted molar refractivity (Wildman–Crippen MR) is 198 cm³/mol. The van der Waals surface area contributed by atoms with Crippen LogP contribution in [-0.2, 0) is 4.79 Å². The van der Waals surface area contributed by atoms with E-state index in [1.165, 1.54) is 167 Å². The number of aliphatic hydroxyl groups is 2. The molecule has 0 aliphatic heterocycles. The maximum Gasteiger partial charge on any atom is 0.220 e. The first-order chi connectivity index (χ1) is 22.2. The molecule has 0 spiro atoms. The second-order valence-corrected chi connectivity index (χ2v) is 13.7. The summed E-state index contributed by atoms with van der Waals surface area (Å²) in [6.45, 7) is 4.26. The summed E-state index contributed by atoms with van der Waals surface area (Å²) in [7, 11) is 0. The van der Waals surface area contributed by atoms with E-state index in [9.17, 15) is 15.0 Å². The van der Waals surface area contributed by atoms with Crippen molar-refractivity contribution in [1.82, 2.24) is 5.32 Å². The van der Waals surface area contributed by atoms with E-state index < -0.39 is 12.1 Å². The van der Waals surface area contributed by atoms with Crippen molar-refractivity contribution in [2.45, 2.75) is 225 Å². The molecule has 0 saturated heterocycles. The Hall–Kier alpha value is -1.13. The Morgan fingerprint density at radius 2 is 0.889 bits per heavy atom. The molecule has 0 aromatic carbocycles. The minimum absolute atomic E-state index is 0.0650. The minimum atomic E-state index is -0.838. The summed E-state index contributed by atoms with van der Waals surface area (Å²) in [4.78, 5) is 12.3. The molecule has 45 heavy (non-hydrogen) atoms. The van der Waals surface area contributed by atoms with E-state index in [1.807, 2.05) is 6.08 Å². The van der Waals surface area contributed by atoms with Gasteiger partial charge in [-0.3, -0.25) is 4.79 Å². The van der Waals surface area contributed by atoms with Crippen LogP contribution in [0, 0.1) is 0 Å².